The Kier molecular flexibility index (Phi) is 6.15. The van der Waals surface area contributed by atoms with Crippen molar-refractivity contribution in [1.82, 2.24) is 0 Å². The lowest BCUT2D eigenvalue weighted by atomic mass is 9.90. The molecule has 2 fully saturated rings. The summed E-state index contributed by atoms with van der Waals surface area (Å²) in [6.07, 6.45) is 5.65. The van der Waals surface area contributed by atoms with Crippen molar-refractivity contribution < 1.29 is 14.3 Å². The molecule has 0 heterocycles. The Labute approximate surface area is 178 Å². The lowest BCUT2D eigenvalue weighted by molar-refractivity contribution is -0.145. The van der Waals surface area contributed by atoms with Crippen LogP contribution in [0.25, 0.3) is 11.1 Å². The molecule has 0 spiro atoms. The molecule has 2 aromatic rings. The van der Waals surface area contributed by atoms with E-state index in [9.17, 15) is 4.79 Å². The maximum Gasteiger partial charge on any atom is 0.313 e. The second-order valence-electron chi connectivity index (χ2n) is 8.48. The van der Waals surface area contributed by atoms with Crippen LogP contribution >= 0.6 is 11.6 Å². The third-order valence-electron chi connectivity index (χ3n) is 5.84. The first-order valence-corrected chi connectivity index (χ1v) is 11.1. The van der Waals surface area contributed by atoms with Gasteiger partial charge in [-0.25, -0.2) is 0 Å². The average Bonchev–Trinajstić information content (AvgIpc) is 3.62. The van der Waals surface area contributed by atoms with E-state index < -0.39 is 0 Å². The number of halogens is 1. The molecule has 0 amide bonds. The fourth-order valence-electron chi connectivity index (χ4n) is 3.66. The number of ether oxygens (including phenoxy) is 2. The summed E-state index contributed by atoms with van der Waals surface area (Å²) >= 11 is 6.78. The predicted molar refractivity (Wildman–Crippen MR) is 117 cm³/mol. The van der Waals surface area contributed by atoms with Crippen molar-refractivity contribution in [1.29, 1.82) is 0 Å². The van der Waals surface area contributed by atoms with Gasteiger partial charge in [-0.1, -0.05) is 54.3 Å². The minimum Gasteiger partial charge on any atom is -0.492 e. The molecule has 1 unspecified atom stereocenters. The highest BCUT2D eigenvalue weighted by atomic mass is 35.5. The summed E-state index contributed by atoms with van der Waals surface area (Å²) in [6.45, 7) is 5.00. The standard InChI is InChI=1S/C25H29ClO3/c1-3-28-25(27)22(12-17-6-7-17)20-13-21(19-10-4-16(2)5-11-19)24(26)23(14-20)29-15-18-8-9-18/h4-5,10-11,13-14,17-18,22H,3,6-9,12,15H2,1-2H3. The molecule has 0 aliphatic heterocycles. The van der Waals surface area contributed by atoms with E-state index in [1.807, 2.05) is 13.0 Å². The zero-order valence-electron chi connectivity index (χ0n) is 17.2. The van der Waals surface area contributed by atoms with E-state index in [0.717, 1.165) is 23.1 Å². The van der Waals surface area contributed by atoms with Gasteiger partial charge in [-0.15, -0.1) is 0 Å². The number of hydrogen-bond acceptors (Lipinski definition) is 3. The molecule has 154 valence electrons. The molecule has 0 N–H and O–H groups in total. The van der Waals surface area contributed by atoms with Gasteiger partial charge in [0.05, 0.1) is 24.2 Å². The van der Waals surface area contributed by atoms with Gasteiger partial charge in [0.25, 0.3) is 0 Å². The molecule has 29 heavy (non-hydrogen) atoms. The van der Waals surface area contributed by atoms with Crippen molar-refractivity contribution in [2.75, 3.05) is 13.2 Å². The van der Waals surface area contributed by atoms with Crippen LogP contribution in [0, 0.1) is 18.8 Å². The summed E-state index contributed by atoms with van der Waals surface area (Å²) in [5.74, 6) is 1.50. The minimum atomic E-state index is -0.271. The van der Waals surface area contributed by atoms with Gasteiger partial charge in [-0.3, -0.25) is 4.79 Å². The van der Waals surface area contributed by atoms with Crippen molar-refractivity contribution in [2.24, 2.45) is 11.8 Å². The molecular weight excluding hydrogens is 384 g/mol. The Balaban J connectivity index is 1.73. The Morgan fingerprint density at radius 1 is 1.10 bits per heavy atom. The van der Waals surface area contributed by atoms with Gasteiger partial charge in [0.1, 0.15) is 5.75 Å². The first-order valence-electron chi connectivity index (χ1n) is 10.7. The topological polar surface area (TPSA) is 35.5 Å². The Morgan fingerprint density at radius 3 is 2.41 bits per heavy atom. The van der Waals surface area contributed by atoms with Crippen molar-refractivity contribution in [3.63, 3.8) is 0 Å². The van der Waals surface area contributed by atoms with Gasteiger partial charge in [0, 0.05) is 5.56 Å². The van der Waals surface area contributed by atoms with Crippen LogP contribution in [0.5, 0.6) is 5.75 Å². The maximum atomic E-state index is 12.8. The molecule has 0 bridgehead atoms. The van der Waals surface area contributed by atoms with Crippen molar-refractivity contribution >= 4 is 17.6 Å². The van der Waals surface area contributed by atoms with Crippen LogP contribution in [0.15, 0.2) is 36.4 Å². The molecule has 2 aliphatic rings. The third kappa shape index (κ3) is 5.14. The van der Waals surface area contributed by atoms with E-state index in [1.54, 1.807) is 0 Å². The van der Waals surface area contributed by atoms with E-state index in [4.69, 9.17) is 21.1 Å². The number of hydrogen-bond donors (Lipinski definition) is 0. The molecule has 2 aliphatic carbocycles. The SMILES string of the molecule is CCOC(=O)C(CC1CC1)c1cc(OCC2CC2)c(Cl)c(-c2ccc(C)cc2)c1. The number of benzene rings is 2. The summed E-state index contributed by atoms with van der Waals surface area (Å²) in [6, 6.07) is 12.3. The zero-order valence-corrected chi connectivity index (χ0v) is 18.0. The number of carbonyl (C=O) groups excluding carboxylic acids is 1. The number of aryl methyl sites for hydroxylation is 1. The van der Waals surface area contributed by atoms with Crippen LogP contribution in [0.4, 0.5) is 0 Å². The average molecular weight is 413 g/mol. The highest BCUT2D eigenvalue weighted by Gasteiger charge is 2.32. The van der Waals surface area contributed by atoms with Gasteiger partial charge in [0.15, 0.2) is 0 Å². The number of rotatable bonds is 9. The van der Waals surface area contributed by atoms with Crippen LogP contribution in [-0.2, 0) is 9.53 Å². The Morgan fingerprint density at radius 2 is 1.79 bits per heavy atom. The molecule has 4 rings (SSSR count). The highest BCUT2D eigenvalue weighted by molar-refractivity contribution is 6.34. The normalized spacial score (nSPS) is 17.1. The van der Waals surface area contributed by atoms with Crippen LogP contribution in [0.2, 0.25) is 5.02 Å². The quantitative estimate of drug-likeness (QED) is 0.438. The van der Waals surface area contributed by atoms with Crippen LogP contribution < -0.4 is 4.74 Å². The maximum absolute atomic E-state index is 12.8. The summed E-state index contributed by atoms with van der Waals surface area (Å²) in [7, 11) is 0. The monoisotopic (exact) mass is 412 g/mol. The smallest absolute Gasteiger partial charge is 0.313 e. The summed E-state index contributed by atoms with van der Waals surface area (Å²) in [5, 5.41) is 0.618. The van der Waals surface area contributed by atoms with Crippen molar-refractivity contribution in [3.8, 4) is 16.9 Å². The lowest BCUT2D eigenvalue weighted by Crippen LogP contribution is -2.17. The number of carbonyl (C=O) groups is 1. The molecule has 4 heteroatoms. The Hall–Kier alpha value is -2.00. The summed E-state index contributed by atoms with van der Waals surface area (Å²) in [5.41, 5.74) is 4.10. The fraction of sp³-hybridized carbons (Fsp3) is 0.480. The minimum absolute atomic E-state index is 0.148. The fourth-order valence-corrected chi connectivity index (χ4v) is 3.93. The van der Waals surface area contributed by atoms with Crippen LogP contribution in [0.1, 0.15) is 56.1 Å². The molecule has 2 saturated carbocycles. The van der Waals surface area contributed by atoms with Gasteiger partial charge in [-0.2, -0.15) is 0 Å². The molecule has 0 saturated heterocycles. The van der Waals surface area contributed by atoms with Gasteiger partial charge >= 0.3 is 5.97 Å². The van der Waals surface area contributed by atoms with Gasteiger partial charge < -0.3 is 9.47 Å². The largest absolute Gasteiger partial charge is 0.492 e. The molecule has 2 aromatic carbocycles. The zero-order chi connectivity index (χ0) is 20.4. The summed E-state index contributed by atoms with van der Waals surface area (Å²) < 4.78 is 11.5. The van der Waals surface area contributed by atoms with Crippen LogP contribution in [-0.4, -0.2) is 19.2 Å². The second kappa shape index (κ2) is 8.79. The van der Waals surface area contributed by atoms with Crippen molar-refractivity contribution in [2.45, 2.75) is 51.9 Å². The lowest BCUT2D eigenvalue weighted by Gasteiger charge is -2.20. The Bertz CT molecular complexity index is 866. The molecular formula is C25H29ClO3. The van der Waals surface area contributed by atoms with Crippen molar-refractivity contribution in [3.05, 3.63) is 52.5 Å². The second-order valence-corrected chi connectivity index (χ2v) is 8.86. The van der Waals surface area contributed by atoms with E-state index in [0.29, 0.717) is 35.8 Å². The number of esters is 1. The first-order chi connectivity index (χ1) is 14.0. The van der Waals surface area contributed by atoms with Gasteiger partial charge in [0.2, 0.25) is 0 Å². The predicted octanol–water partition coefficient (Wildman–Crippen LogP) is 6.55. The van der Waals surface area contributed by atoms with E-state index in [1.165, 1.54) is 31.2 Å². The van der Waals surface area contributed by atoms with E-state index in [2.05, 4.69) is 37.3 Å². The first kappa shape index (κ1) is 20.3. The van der Waals surface area contributed by atoms with E-state index >= 15 is 0 Å². The van der Waals surface area contributed by atoms with Gasteiger partial charge in [-0.05, 0) is 68.2 Å². The molecule has 3 nitrogen and oxygen atoms in total. The third-order valence-corrected chi connectivity index (χ3v) is 6.22. The van der Waals surface area contributed by atoms with Crippen LogP contribution in [0.3, 0.4) is 0 Å². The molecule has 0 radical (unpaired) electrons. The summed E-state index contributed by atoms with van der Waals surface area (Å²) in [4.78, 5) is 12.8. The molecule has 0 aromatic heterocycles. The van der Waals surface area contributed by atoms with E-state index in [-0.39, 0.29) is 11.9 Å². The highest BCUT2D eigenvalue weighted by Crippen LogP contribution is 2.44. The molecule has 1 atom stereocenters.